The highest BCUT2D eigenvalue weighted by Crippen LogP contribution is 2.28. The van der Waals surface area contributed by atoms with Crippen molar-refractivity contribution in [1.29, 1.82) is 0 Å². The van der Waals surface area contributed by atoms with Crippen molar-refractivity contribution in [3.8, 4) is 0 Å². The Balaban J connectivity index is 1.46. The number of aromatic nitrogens is 3. The van der Waals surface area contributed by atoms with Crippen LogP contribution in [0.5, 0.6) is 0 Å². The number of thioether (sulfide) groups is 1. The lowest BCUT2D eigenvalue weighted by Crippen LogP contribution is -2.18. The van der Waals surface area contributed by atoms with E-state index in [0.29, 0.717) is 11.3 Å². The first-order chi connectivity index (χ1) is 10.3. The van der Waals surface area contributed by atoms with Crippen molar-refractivity contribution in [3.63, 3.8) is 0 Å². The SMILES string of the molecule is Clc1ccc(CSc2nnc(NCC3CCCO3)s2)cn1. The zero-order valence-corrected chi connectivity index (χ0v) is 13.7. The summed E-state index contributed by atoms with van der Waals surface area (Å²) < 4.78 is 6.51. The fourth-order valence-corrected chi connectivity index (χ4v) is 3.79. The molecular formula is C13H15ClN4OS2. The fraction of sp³-hybridized carbons (Fsp3) is 0.462. The first-order valence-corrected chi connectivity index (χ1v) is 8.90. The molecule has 1 saturated heterocycles. The molecule has 0 bridgehead atoms. The molecular weight excluding hydrogens is 328 g/mol. The second kappa shape index (κ2) is 7.40. The number of pyridine rings is 1. The third-order valence-corrected chi connectivity index (χ3v) is 5.37. The van der Waals surface area contributed by atoms with Gasteiger partial charge in [0.25, 0.3) is 0 Å². The summed E-state index contributed by atoms with van der Waals surface area (Å²) in [6.07, 6.45) is 4.37. The molecule has 0 saturated carbocycles. The van der Waals surface area contributed by atoms with Gasteiger partial charge < -0.3 is 10.1 Å². The lowest BCUT2D eigenvalue weighted by Gasteiger charge is -2.08. The highest BCUT2D eigenvalue weighted by atomic mass is 35.5. The average molecular weight is 343 g/mol. The first kappa shape index (κ1) is 15.0. The van der Waals surface area contributed by atoms with E-state index in [-0.39, 0.29) is 0 Å². The number of halogens is 1. The summed E-state index contributed by atoms with van der Waals surface area (Å²) in [6, 6.07) is 3.77. The molecule has 1 fully saturated rings. The molecule has 1 unspecified atom stereocenters. The van der Waals surface area contributed by atoms with E-state index in [1.165, 1.54) is 0 Å². The summed E-state index contributed by atoms with van der Waals surface area (Å²) in [4.78, 5) is 4.06. The number of hydrogen-bond acceptors (Lipinski definition) is 7. The van der Waals surface area contributed by atoms with Gasteiger partial charge in [-0.25, -0.2) is 4.98 Å². The summed E-state index contributed by atoms with van der Waals surface area (Å²) in [5.41, 5.74) is 1.12. The van der Waals surface area contributed by atoms with Crippen LogP contribution in [0.4, 0.5) is 5.13 Å². The molecule has 0 spiro atoms. The zero-order chi connectivity index (χ0) is 14.5. The third kappa shape index (κ3) is 4.54. The van der Waals surface area contributed by atoms with Crippen LogP contribution in [-0.2, 0) is 10.5 Å². The molecule has 112 valence electrons. The average Bonchev–Trinajstić information content (AvgIpc) is 3.16. The Bertz CT molecular complexity index is 572. The van der Waals surface area contributed by atoms with E-state index < -0.39 is 0 Å². The number of ether oxygens (including phenoxy) is 1. The molecule has 1 aliphatic rings. The van der Waals surface area contributed by atoms with E-state index in [1.54, 1.807) is 35.4 Å². The number of hydrogen-bond donors (Lipinski definition) is 1. The van der Waals surface area contributed by atoms with Crippen LogP contribution in [0.25, 0.3) is 0 Å². The molecule has 2 aromatic heterocycles. The molecule has 1 atom stereocenters. The maximum absolute atomic E-state index is 5.76. The number of nitrogens with zero attached hydrogens (tertiary/aromatic N) is 3. The van der Waals surface area contributed by atoms with Crippen LogP contribution in [0.3, 0.4) is 0 Å². The Morgan fingerprint density at radius 2 is 2.38 bits per heavy atom. The van der Waals surface area contributed by atoms with Crippen molar-refractivity contribution >= 4 is 39.8 Å². The van der Waals surface area contributed by atoms with E-state index >= 15 is 0 Å². The maximum Gasteiger partial charge on any atom is 0.206 e. The molecule has 3 heterocycles. The quantitative estimate of drug-likeness (QED) is 0.640. The number of anilines is 1. The van der Waals surface area contributed by atoms with E-state index in [2.05, 4.69) is 20.5 Å². The van der Waals surface area contributed by atoms with E-state index in [9.17, 15) is 0 Å². The lowest BCUT2D eigenvalue weighted by atomic mass is 10.2. The van der Waals surface area contributed by atoms with Gasteiger partial charge in [-0.15, -0.1) is 10.2 Å². The van der Waals surface area contributed by atoms with Gasteiger partial charge in [0.15, 0.2) is 4.34 Å². The topological polar surface area (TPSA) is 59.9 Å². The van der Waals surface area contributed by atoms with Gasteiger partial charge in [-0.1, -0.05) is 40.8 Å². The normalized spacial score (nSPS) is 18.0. The Hall–Kier alpha value is -0.890. The van der Waals surface area contributed by atoms with Crippen LogP contribution in [0.15, 0.2) is 22.7 Å². The highest BCUT2D eigenvalue weighted by molar-refractivity contribution is 8.00. The van der Waals surface area contributed by atoms with Gasteiger partial charge in [-0.3, -0.25) is 0 Å². The van der Waals surface area contributed by atoms with Crippen LogP contribution in [0, 0.1) is 0 Å². The van der Waals surface area contributed by atoms with Gasteiger partial charge in [-0.2, -0.15) is 0 Å². The highest BCUT2D eigenvalue weighted by Gasteiger charge is 2.15. The van der Waals surface area contributed by atoms with Gasteiger partial charge in [0.2, 0.25) is 5.13 Å². The van der Waals surface area contributed by atoms with Crippen molar-refractivity contribution < 1.29 is 4.74 Å². The Morgan fingerprint density at radius 3 is 3.14 bits per heavy atom. The molecule has 0 aromatic carbocycles. The fourth-order valence-electron chi connectivity index (χ4n) is 1.98. The second-order valence-corrected chi connectivity index (χ2v) is 7.25. The minimum Gasteiger partial charge on any atom is -0.376 e. The molecule has 1 aliphatic heterocycles. The van der Waals surface area contributed by atoms with Crippen molar-refractivity contribution in [3.05, 3.63) is 29.0 Å². The third-order valence-electron chi connectivity index (χ3n) is 3.06. The number of rotatable bonds is 6. The molecule has 1 N–H and O–H groups in total. The van der Waals surface area contributed by atoms with Gasteiger partial charge in [-0.05, 0) is 24.5 Å². The lowest BCUT2D eigenvalue weighted by molar-refractivity contribution is 0.120. The van der Waals surface area contributed by atoms with Crippen LogP contribution in [0.2, 0.25) is 5.15 Å². The second-order valence-electron chi connectivity index (χ2n) is 4.67. The summed E-state index contributed by atoms with van der Waals surface area (Å²) in [5.74, 6) is 0.810. The minimum absolute atomic E-state index is 0.310. The zero-order valence-electron chi connectivity index (χ0n) is 11.3. The summed E-state index contributed by atoms with van der Waals surface area (Å²) in [7, 11) is 0. The minimum atomic E-state index is 0.310. The number of nitrogens with one attached hydrogen (secondary N) is 1. The van der Waals surface area contributed by atoms with Crippen molar-refractivity contribution in [2.45, 2.75) is 29.0 Å². The summed E-state index contributed by atoms with van der Waals surface area (Å²) in [6.45, 7) is 1.68. The Kier molecular flexibility index (Phi) is 5.29. The molecule has 0 radical (unpaired) electrons. The van der Waals surface area contributed by atoms with Crippen molar-refractivity contribution in [2.75, 3.05) is 18.5 Å². The van der Waals surface area contributed by atoms with Gasteiger partial charge in [0.1, 0.15) is 5.15 Å². The summed E-state index contributed by atoms with van der Waals surface area (Å²) >= 11 is 8.98. The molecule has 8 heteroatoms. The first-order valence-electron chi connectivity index (χ1n) is 6.72. The maximum atomic E-state index is 5.76. The Labute approximate surface area is 136 Å². The Morgan fingerprint density at radius 1 is 1.43 bits per heavy atom. The molecule has 0 amide bonds. The molecule has 0 aliphatic carbocycles. The monoisotopic (exact) mass is 342 g/mol. The molecule has 21 heavy (non-hydrogen) atoms. The van der Waals surface area contributed by atoms with Crippen LogP contribution < -0.4 is 5.32 Å². The molecule has 5 nitrogen and oxygen atoms in total. The predicted octanol–water partition coefficient (Wildman–Crippen LogP) is 3.47. The van der Waals surface area contributed by atoms with Gasteiger partial charge >= 0.3 is 0 Å². The summed E-state index contributed by atoms with van der Waals surface area (Å²) in [5, 5.41) is 13.0. The van der Waals surface area contributed by atoms with Crippen LogP contribution >= 0.6 is 34.7 Å². The van der Waals surface area contributed by atoms with Crippen LogP contribution in [0.1, 0.15) is 18.4 Å². The van der Waals surface area contributed by atoms with E-state index in [4.69, 9.17) is 16.3 Å². The van der Waals surface area contributed by atoms with E-state index in [1.807, 2.05) is 6.07 Å². The van der Waals surface area contributed by atoms with Gasteiger partial charge in [0, 0.05) is 25.1 Å². The largest absolute Gasteiger partial charge is 0.376 e. The molecule has 2 aromatic rings. The smallest absolute Gasteiger partial charge is 0.206 e. The van der Waals surface area contributed by atoms with Crippen LogP contribution in [-0.4, -0.2) is 34.4 Å². The standard InChI is InChI=1S/C13H15ClN4OS2/c14-11-4-3-9(6-15-11)8-20-13-18-17-12(21-13)16-7-10-2-1-5-19-10/h3-4,6,10H,1-2,5,7-8H2,(H,16,17). The van der Waals surface area contributed by atoms with Crippen molar-refractivity contribution in [2.24, 2.45) is 0 Å². The predicted molar refractivity (Wildman–Crippen MR) is 86.2 cm³/mol. The van der Waals surface area contributed by atoms with Gasteiger partial charge in [0.05, 0.1) is 6.10 Å². The molecule has 3 rings (SSSR count). The van der Waals surface area contributed by atoms with Crippen molar-refractivity contribution in [1.82, 2.24) is 15.2 Å². The van der Waals surface area contributed by atoms with E-state index in [0.717, 1.165) is 46.8 Å².